The fourth-order valence-electron chi connectivity index (χ4n) is 1.75. The molecular formula is C11H22O. The summed E-state index contributed by atoms with van der Waals surface area (Å²) in [6.45, 7) is 4.35. The van der Waals surface area contributed by atoms with Crippen molar-refractivity contribution in [3.63, 3.8) is 0 Å². The van der Waals surface area contributed by atoms with Crippen LogP contribution in [0.4, 0.5) is 0 Å². The van der Waals surface area contributed by atoms with E-state index < -0.39 is 0 Å². The first-order chi connectivity index (χ1) is 5.74. The predicted octanol–water partition coefficient (Wildman–Crippen LogP) is 2.97. The van der Waals surface area contributed by atoms with Gasteiger partial charge in [0.25, 0.3) is 0 Å². The Morgan fingerprint density at radius 1 is 1.33 bits per heavy atom. The Labute approximate surface area is 76.2 Å². The number of rotatable bonds is 6. The maximum absolute atomic E-state index is 9.73. The first-order valence-electron chi connectivity index (χ1n) is 5.42. The van der Waals surface area contributed by atoms with Gasteiger partial charge in [0.1, 0.15) is 0 Å². The Hall–Kier alpha value is -0.0400. The maximum Gasteiger partial charge on any atom is 0.0565 e. The molecule has 1 nitrogen and oxygen atoms in total. The summed E-state index contributed by atoms with van der Waals surface area (Å²) in [5.74, 6) is 1.47. The van der Waals surface area contributed by atoms with Crippen LogP contribution in [0.3, 0.4) is 0 Å². The molecule has 72 valence electrons. The monoisotopic (exact) mass is 170 g/mol. The van der Waals surface area contributed by atoms with E-state index in [4.69, 9.17) is 0 Å². The summed E-state index contributed by atoms with van der Waals surface area (Å²) in [7, 11) is 0. The second-order valence-electron chi connectivity index (χ2n) is 4.35. The van der Waals surface area contributed by atoms with Crippen molar-refractivity contribution in [3.05, 3.63) is 0 Å². The first kappa shape index (κ1) is 10.0. The molecule has 1 rings (SSSR count). The maximum atomic E-state index is 9.73. The lowest BCUT2D eigenvalue weighted by Crippen LogP contribution is -2.17. The van der Waals surface area contributed by atoms with Gasteiger partial charge in [0.15, 0.2) is 0 Å². The summed E-state index contributed by atoms with van der Waals surface area (Å²) in [5.41, 5.74) is 0. The van der Waals surface area contributed by atoms with E-state index >= 15 is 0 Å². The highest BCUT2D eigenvalue weighted by Crippen LogP contribution is 2.34. The zero-order chi connectivity index (χ0) is 8.97. The van der Waals surface area contributed by atoms with Crippen molar-refractivity contribution in [2.45, 2.75) is 58.5 Å². The van der Waals surface area contributed by atoms with E-state index in [2.05, 4.69) is 13.8 Å². The summed E-state index contributed by atoms with van der Waals surface area (Å²) in [6.07, 6.45) is 7.45. The molecule has 1 aliphatic rings. The van der Waals surface area contributed by atoms with Crippen molar-refractivity contribution in [3.8, 4) is 0 Å². The van der Waals surface area contributed by atoms with E-state index in [1.165, 1.54) is 32.1 Å². The van der Waals surface area contributed by atoms with Crippen molar-refractivity contribution < 1.29 is 5.11 Å². The van der Waals surface area contributed by atoms with Crippen LogP contribution in [0, 0.1) is 11.8 Å². The fourth-order valence-corrected chi connectivity index (χ4v) is 1.75. The zero-order valence-corrected chi connectivity index (χ0v) is 8.42. The van der Waals surface area contributed by atoms with Crippen molar-refractivity contribution in [1.29, 1.82) is 0 Å². The molecule has 0 amide bonds. The van der Waals surface area contributed by atoms with Gasteiger partial charge in [-0.2, -0.15) is 0 Å². The molecule has 0 aliphatic heterocycles. The zero-order valence-electron chi connectivity index (χ0n) is 8.42. The molecule has 0 aromatic heterocycles. The largest absolute Gasteiger partial charge is 0.393 e. The van der Waals surface area contributed by atoms with Gasteiger partial charge in [0, 0.05) is 0 Å². The van der Waals surface area contributed by atoms with Crippen molar-refractivity contribution in [2.75, 3.05) is 0 Å². The minimum absolute atomic E-state index is 0.0365. The Morgan fingerprint density at radius 3 is 2.50 bits per heavy atom. The van der Waals surface area contributed by atoms with Crippen LogP contribution in [0.1, 0.15) is 52.4 Å². The minimum atomic E-state index is -0.0365. The van der Waals surface area contributed by atoms with Gasteiger partial charge in [0.05, 0.1) is 6.10 Å². The van der Waals surface area contributed by atoms with E-state index in [0.717, 1.165) is 12.3 Å². The van der Waals surface area contributed by atoms with Crippen LogP contribution in [0.25, 0.3) is 0 Å². The molecule has 0 bridgehead atoms. The van der Waals surface area contributed by atoms with Gasteiger partial charge in [0.2, 0.25) is 0 Å². The second kappa shape index (κ2) is 4.86. The van der Waals surface area contributed by atoms with E-state index in [1.807, 2.05) is 0 Å². The van der Waals surface area contributed by atoms with Crippen molar-refractivity contribution in [1.82, 2.24) is 0 Å². The summed E-state index contributed by atoms with van der Waals surface area (Å²) in [6, 6.07) is 0. The molecule has 1 fully saturated rings. The lowest BCUT2D eigenvalue weighted by Gasteiger charge is -2.17. The third kappa shape index (κ3) is 3.57. The topological polar surface area (TPSA) is 20.2 Å². The standard InChI is InChI=1S/C11H22O/c1-3-4-9(2)11(12)8-7-10-5-6-10/h9-12H,3-8H2,1-2H3. The van der Waals surface area contributed by atoms with E-state index in [0.29, 0.717) is 5.92 Å². The van der Waals surface area contributed by atoms with Crippen molar-refractivity contribution in [2.24, 2.45) is 11.8 Å². The molecule has 0 aromatic carbocycles. The van der Waals surface area contributed by atoms with Crippen LogP contribution in [0.15, 0.2) is 0 Å². The highest BCUT2D eigenvalue weighted by molar-refractivity contribution is 4.75. The molecule has 1 N–H and O–H groups in total. The molecule has 0 saturated heterocycles. The highest BCUT2D eigenvalue weighted by atomic mass is 16.3. The average molecular weight is 170 g/mol. The molecule has 0 heterocycles. The summed E-state index contributed by atoms with van der Waals surface area (Å²) < 4.78 is 0. The number of hydrogen-bond acceptors (Lipinski definition) is 1. The summed E-state index contributed by atoms with van der Waals surface area (Å²) >= 11 is 0. The van der Waals surface area contributed by atoms with Crippen molar-refractivity contribution >= 4 is 0 Å². The Bertz CT molecular complexity index is 118. The van der Waals surface area contributed by atoms with E-state index in [1.54, 1.807) is 0 Å². The van der Waals surface area contributed by atoms with Gasteiger partial charge in [-0.25, -0.2) is 0 Å². The second-order valence-corrected chi connectivity index (χ2v) is 4.35. The smallest absolute Gasteiger partial charge is 0.0565 e. The molecule has 2 unspecified atom stereocenters. The predicted molar refractivity (Wildman–Crippen MR) is 52.0 cm³/mol. The molecule has 1 saturated carbocycles. The van der Waals surface area contributed by atoms with Gasteiger partial charge in [-0.3, -0.25) is 0 Å². The number of aliphatic hydroxyl groups excluding tert-OH is 1. The van der Waals surface area contributed by atoms with E-state index in [-0.39, 0.29) is 6.10 Å². The highest BCUT2D eigenvalue weighted by Gasteiger charge is 2.23. The third-order valence-corrected chi connectivity index (χ3v) is 2.97. The minimum Gasteiger partial charge on any atom is -0.393 e. The average Bonchev–Trinajstić information content (AvgIpc) is 2.83. The Morgan fingerprint density at radius 2 is 2.00 bits per heavy atom. The lowest BCUT2D eigenvalue weighted by molar-refractivity contribution is 0.0988. The van der Waals surface area contributed by atoms with Crippen LogP contribution in [-0.4, -0.2) is 11.2 Å². The van der Waals surface area contributed by atoms with Crippen LogP contribution in [0.5, 0.6) is 0 Å². The van der Waals surface area contributed by atoms with Crippen LogP contribution in [0.2, 0.25) is 0 Å². The molecule has 1 aliphatic carbocycles. The first-order valence-corrected chi connectivity index (χ1v) is 5.42. The summed E-state index contributed by atoms with van der Waals surface area (Å²) in [5, 5.41) is 9.73. The number of hydrogen-bond donors (Lipinski definition) is 1. The molecule has 1 heteroatoms. The molecule has 0 spiro atoms. The SMILES string of the molecule is CCCC(C)C(O)CCC1CC1. The molecule has 0 aromatic rings. The Balaban J connectivity index is 2.03. The molecule has 2 atom stereocenters. The van der Waals surface area contributed by atoms with Crippen LogP contribution >= 0.6 is 0 Å². The van der Waals surface area contributed by atoms with Crippen LogP contribution in [-0.2, 0) is 0 Å². The molecule has 0 radical (unpaired) electrons. The van der Waals surface area contributed by atoms with Crippen LogP contribution < -0.4 is 0 Å². The van der Waals surface area contributed by atoms with Gasteiger partial charge < -0.3 is 5.11 Å². The normalized spacial score (nSPS) is 22.2. The van der Waals surface area contributed by atoms with Gasteiger partial charge >= 0.3 is 0 Å². The Kier molecular flexibility index (Phi) is 4.07. The third-order valence-electron chi connectivity index (χ3n) is 2.97. The van der Waals surface area contributed by atoms with Gasteiger partial charge in [-0.1, -0.05) is 33.1 Å². The van der Waals surface area contributed by atoms with Gasteiger partial charge in [-0.15, -0.1) is 0 Å². The number of aliphatic hydroxyl groups is 1. The lowest BCUT2D eigenvalue weighted by atomic mass is 9.95. The fraction of sp³-hybridized carbons (Fsp3) is 1.00. The molecule has 12 heavy (non-hydrogen) atoms. The van der Waals surface area contributed by atoms with Gasteiger partial charge in [-0.05, 0) is 31.1 Å². The summed E-state index contributed by atoms with van der Waals surface area (Å²) in [4.78, 5) is 0. The molecular weight excluding hydrogens is 148 g/mol. The van der Waals surface area contributed by atoms with E-state index in [9.17, 15) is 5.11 Å². The quantitative estimate of drug-likeness (QED) is 0.649.